The molecule has 0 atom stereocenters. The number of hydrogen-bond acceptors (Lipinski definition) is 3. The summed E-state index contributed by atoms with van der Waals surface area (Å²) < 4.78 is 13.6. The molecule has 0 saturated carbocycles. The van der Waals surface area contributed by atoms with Gasteiger partial charge in [-0.25, -0.2) is 4.39 Å². The van der Waals surface area contributed by atoms with Gasteiger partial charge in [-0.3, -0.25) is 14.5 Å². The standard InChI is InChI=1S/C23H28FN3O2/c1-17(2)19-9-7-18(8-10-19)16-26-11-13-27(14-12-26)22(28)15-25-23(29)20-5-3-4-6-21(20)24/h3-10,17H,11-16H2,1-2H3,(H,25,29). The molecule has 1 fully saturated rings. The van der Waals surface area contributed by atoms with Gasteiger partial charge in [0.2, 0.25) is 5.91 Å². The number of carbonyl (C=O) groups is 2. The molecule has 0 radical (unpaired) electrons. The van der Waals surface area contributed by atoms with Gasteiger partial charge < -0.3 is 10.2 Å². The van der Waals surface area contributed by atoms with Gasteiger partial charge in [-0.2, -0.15) is 0 Å². The summed E-state index contributed by atoms with van der Waals surface area (Å²) in [7, 11) is 0. The fourth-order valence-electron chi connectivity index (χ4n) is 3.43. The molecule has 6 heteroatoms. The molecule has 2 aromatic rings. The van der Waals surface area contributed by atoms with Crippen molar-refractivity contribution in [1.82, 2.24) is 15.1 Å². The van der Waals surface area contributed by atoms with Gasteiger partial charge in [0.15, 0.2) is 0 Å². The number of halogens is 1. The number of piperazine rings is 1. The van der Waals surface area contributed by atoms with Crippen LogP contribution < -0.4 is 5.32 Å². The number of carbonyl (C=O) groups excluding carboxylic acids is 2. The molecule has 2 amide bonds. The minimum Gasteiger partial charge on any atom is -0.343 e. The Hall–Kier alpha value is -2.73. The smallest absolute Gasteiger partial charge is 0.254 e. The highest BCUT2D eigenvalue weighted by Gasteiger charge is 2.22. The van der Waals surface area contributed by atoms with Gasteiger partial charge in [-0.1, -0.05) is 50.2 Å². The van der Waals surface area contributed by atoms with E-state index in [4.69, 9.17) is 0 Å². The Labute approximate surface area is 171 Å². The van der Waals surface area contributed by atoms with E-state index in [9.17, 15) is 14.0 Å². The second-order valence-electron chi connectivity index (χ2n) is 7.72. The zero-order chi connectivity index (χ0) is 20.8. The Bertz CT molecular complexity index is 843. The lowest BCUT2D eigenvalue weighted by Crippen LogP contribution is -2.50. The molecular weight excluding hydrogens is 369 g/mol. The second kappa shape index (κ2) is 9.65. The number of amides is 2. The molecule has 2 aromatic carbocycles. The molecule has 0 bridgehead atoms. The summed E-state index contributed by atoms with van der Waals surface area (Å²) in [5.41, 5.74) is 2.56. The third-order valence-corrected chi connectivity index (χ3v) is 5.30. The van der Waals surface area contributed by atoms with Gasteiger partial charge in [-0.15, -0.1) is 0 Å². The summed E-state index contributed by atoms with van der Waals surface area (Å²) in [5.74, 6) is -0.777. The van der Waals surface area contributed by atoms with Crippen molar-refractivity contribution in [2.24, 2.45) is 0 Å². The first-order chi connectivity index (χ1) is 13.9. The fraction of sp³-hybridized carbons (Fsp3) is 0.391. The Balaban J connectivity index is 1.43. The molecule has 0 aromatic heterocycles. The zero-order valence-corrected chi connectivity index (χ0v) is 17.0. The van der Waals surface area contributed by atoms with Crippen LogP contribution in [0.5, 0.6) is 0 Å². The highest BCUT2D eigenvalue weighted by molar-refractivity contribution is 5.96. The summed E-state index contributed by atoms with van der Waals surface area (Å²) in [5, 5.41) is 2.52. The van der Waals surface area contributed by atoms with Gasteiger partial charge >= 0.3 is 0 Å². The van der Waals surface area contributed by atoms with Crippen molar-refractivity contribution < 1.29 is 14.0 Å². The number of rotatable bonds is 6. The quantitative estimate of drug-likeness (QED) is 0.815. The summed E-state index contributed by atoms with van der Waals surface area (Å²) in [6.07, 6.45) is 0. The summed E-state index contributed by atoms with van der Waals surface area (Å²) in [4.78, 5) is 28.5. The van der Waals surface area contributed by atoms with E-state index in [1.54, 1.807) is 11.0 Å². The number of hydrogen-bond donors (Lipinski definition) is 1. The number of nitrogens with one attached hydrogen (secondary N) is 1. The largest absolute Gasteiger partial charge is 0.343 e. The molecule has 3 rings (SSSR count). The molecule has 29 heavy (non-hydrogen) atoms. The maximum atomic E-state index is 13.6. The van der Waals surface area contributed by atoms with Gasteiger partial charge in [0, 0.05) is 32.7 Å². The summed E-state index contributed by atoms with van der Waals surface area (Å²) >= 11 is 0. The van der Waals surface area contributed by atoms with Crippen LogP contribution in [0.1, 0.15) is 41.3 Å². The van der Waals surface area contributed by atoms with Crippen molar-refractivity contribution in [2.75, 3.05) is 32.7 Å². The van der Waals surface area contributed by atoms with Gasteiger partial charge in [-0.05, 0) is 29.2 Å². The maximum absolute atomic E-state index is 13.6. The SMILES string of the molecule is CC(C)c1ccc(CN2CCN(C(=O)CNC(=O)c3ccccc3F)CC2)cc1. The van der Waals surface area contributed by atoms with E-state index >= 15 is 0 Å². The normalized spacial score (nSPS) is 14.8. The predicted molar refractivity (Wildman–Crippen MR) is 111 cm³/mol. The van der Waals surface area contributed by atoms with E-state index in [-0.39, 0.29) is 18.0 Å². The van der Waals surface area contributed by atoms with Crippen LogP contribution in [-0.2, 0) is 11.3 Å². The molecule has 1 heterocycles. The van der Waals surface area contributed by atoms with Crippen LogP contribution in [0, 0.1) is 5.82 Å². The Morgan fingerprint density at radius 2 is 1.66 bits per heavy atom. The summed E-state index contributed by atoms with van der Waals surface area (Å²) in [6.45, 7) is 7.94. The fourth-order valence-corrected chi connectivity index (χ4v) is 3.43. The van der Waals surface area contributed by atoms with Crippen LogP contribution in [0.25, 0.3) is 0 Å². The van der Waals surface area contributed by atoms with Crippen molar-refractivity contribution in [1.29, 1.82) is 0 Å². The van der Waals surface area contributed by atoms with Crippen LogP contribution in [0.4, 0.5) is 4.39 Å². The summed E-state index contributed by atoms with van der Waals surface area (Å²) in [6, 6.07) is 14.4. The van der Waals surface area contributed by atoms with E-state index in [1.807, 2.05) is 0 Å². The van der Waals surface area contributed by atoms with Crippen LogP contribution in [-0.4, -0.2) is 54.3 Å². The molecule has 154 valence electrons. The first-order valence-electron chi connectivity index (χ1n) is 10.1. The molecule has 0 unspecified atom stereocenters. The van der Waals surface area contributed by atoms with Crippen molar-refractivity contribution >= 4 is 11.8 Å². The lowest BCUT2D eigenvalue weighted by atomic mass is 10.0. The van der Waals surface area contributed by atoms with E-state index in [0.29, 0.717) is 19.0 Å². The number of nitrogens with zero attached hydrogens (tertiary/aromatic N) is 2. The predicted octanol–water partition coefficient (Wildman–Crippen LogP) is 3.02. The highest BCUT2D eigenvalue weighted by Crippen LogP contribution is 2.16. The lowest BCUT2D eigenvalue weighted by molar-refractivity contribution is -0.131. The second-order valence-corrected chi connectivity index (χ2v) is 7.72. The van der Waals surface area contributed by atoms with E-state index < -0.39 is 11.7 Å². The Morgan fingerprint density at radius 3 is 2.28 bits per heavy atom. The zero-order valence-electron chi connectivity index (χ0n) is 17.0. The monoisotopic (exact) mass is 397 g/mol. The van der Waals surface area contributed by atoms with Crippen LogP contribution in [0.15, 0.2) is 48.5 Å². The number of benzene rings is 2. The molecule has 0 spiro atoms. The molecule has 1 saturated heterocycles. The van der Waals surface area contributed by atoms with Crippen LogP contribution in [0.3, 0.4) is 0 Å². The first kappa shape index (κ1) is 21.0. The minimum atomic E-state index is -0.590. The van der Waals surface area contributed by atoms with Crippen LogP contribution in [0.2, 0.25) is 0 Å². The first-order valence-corrected chi connectivity index (χ1v) is 10.1. The van der Waals surface area contributed by atoms with E-state index in [0.717, 1.165) is 19.6 Å². The van der Waals surface area contributed by atoms with Gasteiger partial charge in [0.1, 0.15) is 5.82 Å². The molecule has 1 N–H and O–H groups in total. The van der Waals surface area contributed by atoms with E-state index in [2.05, 4.69) is 48.3 Å². The third-order valence-electron chi connectivity index (χ3n) is 5.30. The van der Waals surface area contributed by atoms with Crippen molar-refractivity contribution in [2.45, 2.75) is 26.3 Å². The Kier molecular flexibility index (Phi) is 6.99. The third kappa shape index (κ3) is 5.64. The topological polar surface area (TPSA) is 52.6 Å². The van der Waals surface area contributed by atoms with Gasteiger partial charge in [0.25, 0.3) is 5.91 Å². The molecule has 0 aliphatic carbocycles. The highest BCUT2D eigenvalue weighted by atomic mass is 19.1. The molecule has 5 nitrogen and oxygen atoms in total. The van der Waals surface area contributed by atoms with Crippen molar-refractivity contribution in [3.05, 3.63) is 71.0 Å². The van der Waals surface area contributed by atoms with Gasteiger partial charge in [0.05, 0.1) is 12.1 Å². The average Bonchev–Trinajstić information content (AvgIpc) is 2.73. The molecular formula is C23H28FN3O2. The van der Waals surface area contributed by atoms with Crippen LogP contribution >= 0.6 is 0 Å². The average molecular weight is 397 g/mol. The minimum absolute atomic E-state index is 0.0476. The maximum Gasteiger partial charge on any atom is 0.254 e. The van der Waals surface area contributed by atoms with Crippen molar-refractivity contribution in [3.63, 3.8) is 0 Å². The molecule has 1 aliphatic rings. The molecule has 1 aliphatic heterocycles. The Morgan fingerprint density at radius 1 is 1.00 bits per heavy atom. The lowest BCUT2D eigenvalue weighted by Gasteiger charge is -2.34. The van der Waals surface area contributed by atoms with Crippen molar-refractivity contribution in [3.8, 4) is 0 Å². The van der Waals surface area contributed by atoms with E-state index in [1.165, 1.54) is 29.3 Å².